The first-order valence-corrected chi connectivity index (χ1v) is 3.75. The third-order valence-corrected chi connectivity index (χ3v) is 1.71. The molecule has 0 spiro atoms. The quantitative estimate of drug-likeness (QED) is 0.752. The molecule has 1 rings (SSSR count). The Bertz CT molecular complexity index is 253. The fourth-order valence-electron chi connectivity index (χ4n) is 0.734. The topological polar surface area (TPSA) is 29.5 Å². The van der Waals surface area contributed by atoms with E-state index >= 15 is 0 Å². The average molecular weight is 188 g/mol. The second kappa shape index (κ2) is 3.68. The molecule has 0 atom stereocenters. The van der Waals surface area contributed by atoms with Gasteiger partial charge in [-0.05, 0) is 0 Å². The zero-order valence-electron chi connectivity index (χ0n) is 6.07. The molecule has 0 aliphatic carbocycles. The van der Waals surface area contributed by atoms with Crippen molar-refractivity contribution in [3.8, 4) is 5.75 Å². The molecule has 11 heavy (non-hydrogen) atoms. The van der Waals surface area contributed by atoms with Gasteiger partial charge in [-0.25, -0.2) is 0 Å². The van der Waals surface area contributed by atoms with Gasteiger partial charge in [0.2, 0.25) is 0 Å². The molecule has 0 aliphatic rings. The normalized spacial score (nSPS) is 9.27. The van der Waals surface area contributed by atoms with Gasteiger partial charge < -0.3 is 0 Å². The van der Waals surface area contributed by atoms with Crippen LogP contribution in [0, 0.1) is 0 Å². The van der Waals surface area contributed by atoms with Crippen molar-refractivity contribution < 1.29 is 25.7 Å². The van der Waals surface area contributed by atoms with Gasteiger partial charge in [-0.15, -0.1) is 0 Å². The van der Waals surface area contributed by atoms with Crippen molar-refractivity contribution in [2.45, 2.75) is 0 Å². The van der Waals surface area contributed by atoms with Crippen LogP contribution in [-0.4, -0.2) is 16.8 Å². The van der Waals surface area contributed by atoms with Gasteiger partial charge in [0.25, 0.3) is 0 Å². The summed E-state index contributed by atoms with van der Waals surface area (Å²) in [4.78, 5) is 0. The van der Waals surface area contributed by atoms with E-state index in [0.29, 0.717) is 0 Å². The second-order valence-corrected chi connectivity index (χ2v) is 2.64. The molecule has 0 saturated carbocycles. The first kappa shape index (κ1) is 8.48. The Kier molecular flexibility index (Phi) is 2.84. The van der Waals surface area contributed by atoms with E-state index in [1.54, 1.807) is 31.4 Å². The number of aliphatic hydroxyl groups excluding tert-OH is 1. The van der Waals surface area contributed by atoms with Crippen LogP contribution < -0.4 is 4.74 Å². The fourth-order valence-corrected chi connectivity index (χ4v) is 0.946. The van der Waals surface area contributed by atoms with Crippen molar-refractivity contribution in [2.24, 2.45) is 0 Å². The van der Waals surface area contributed by atoms with Crippen LogP contribution in [0.25, 0.3) is 0 Å². The van der Waals surface area contributed by atoms with E-state index in [-0.39, 0.29) is 4.57 Å². The third-order valence-electron chi connectivity index (χ3n) is 1.34. The zero-order chi connectivity index (χ0) is 8.27. The van der Waals surface area contributed by atoms with Crippen molar-refractivity contribution in [3.05, 3.63) is 29.8 Å². The third kappa shape index (κ3) is 2.16. The van der Waals surface area contributed by atoms with Crippen LogP contribution in [0.2, 0.25) is 0 Å². The summed E-state index contributed by atoms with van der Waals surface area (Å²) >= 11 is 2.53. The number of methoxy groups -OCH3 is 1. The van der Waals surface area contributed by atoms with Crippen molar-refractivity contribution in [3.63, 3.8) is 0 Å². The SMILES string of the molecule is COc1ccc([C](O)=[Cr])cc1. The summed E-state index contributed by atoms with van der Waals surface area (Å²) < 4.78 is 5.15. The number of hydrogen-bond donors (Lipinski definition) is 1. The van der Waals surface area contributed by atoms with E-state index in [1.165, 1.54) is 0 Å². The molecule has 0 saturated heterocycles. The van der Waals surface area contributed by atoms with Crippen LogP contribution in [0.1, 0.15) is 5.56 Å². The van der Waals surface area contributed by atoms with Crippen LogP contribution in [0.3, 0.4) is 0 Å². The van der Waals surface area contributed by atoms with Gasteiger partial charge in [-0.1, -0.05) is 0 Å². The summed E-state index contributed by atoms with van der Waals surface area (Å²) in [5.41, 5.74) is 0.769. The minimum absolute atomic E-state index is 0.202. The Morgan fingerprint density at radius 2 is 1.91 bits per heavy atom. The summed E-state index contributed by atoms with van der Waals surface area (Å²) in [7, 11) is 1.61. The van der Waals surface area contributed by atoms with Crippen molar-refractivity contribution in [1.29, 1.82) is 0 Å². The Morgan fingerprint density at radius 1 is 1.36 bits per heavy atom. The summed E-state index contributed by atoms with van der Waals surface area (Å²) in [5.74, 6) is 0.787. The van der Waals surface area contributed by atoms with Gasteiger partial charge in [0.1, 0.15) is 0 Å². The zero-order valence-corrected chi connectivity index (χ0v) is 7.35. The van der Waals surface area contributed by atoms with E-state index < -0.39 is 0 Å². The monoisotopic (exact) mass is 188 g/mol. The van der Waals surface area contributed by atoms with Crippen LogP contribution in [-0.2, 0) is 15.9 Å². The van der Waals surface area contributed by atoms with Gasteiger partial charge >= 0.3 is 72.9 Å². The molecule has 0 aromatic heterocycles. The molecule has 0 unspecified atom stereocenters. The van der Waals surface area contributed by atoms with E-state index in [4.69, 9.17) is 9.84 Å². The van der Waals surface area contributed by atoms with Gasteiger partial charge in [0.15, 0.2) is 0 Å². The Hall–Kier alpha value is -0.618. The first-order chi connectivity index (χ1) is 5.24. The molecule has 1 aromatic rings. The van der Waals surface area contributed by atoms with Crippen molar-refractivity contribution >= 4 is 4.57 Å². The van der Waals surface area contributed by atoms with E-state index in [1.807, 2.05) is 0 Å². The Labute approximate surface area is 73.4 Å². The summed E-state index contributed by atoms with van der Waals surface area (Å²) in [6.45, 7) is 0. The van der Waals surface area contributed by atoms with Crippen LogP contribution >= 0.6 is 0 Å². The van der Waals surface area contributed by atoms with Gasteiger partial charge in [0, 0.05) is 0 Å². The van der Waals surface area contributed by atoms with E-state index in [9.17, 15) is 0 Å². The molecule has 0 amide bonds. The van der Waals surface area contributed by atoms with Crippen molar-refractivity contribution in [1.82, 2.24) is 0 Å². The molecule has 0 fully saturated rings. The molecular formula is C8H8CrO2. The number of hydrogen-bond acceptors (Lipinski definition) is 2. The minimum atomic E-state index is 0.202. The van der Waals surface area contributed by atoms with Gasteiger partial charge in [-0.3, -0.25) is 0 Å². The van der Waals surface area contributed by atoms with E-state index in [0.717, 1.165) is 11.3 Å². The predicted molar refractivity (Wildman–Crippen MR) is 39.0 cm³/mol. The van der Waals surface area contributed by atoms with Gasteiger partial charge in [-0.2, -0.15) is 0 Å². The van der Waals surface area contributed by atoms with Crippen LogP contribution in [0.4, 0.5) is 0 Å². The second-order valence-electron chi connectivity index (χ2n) is 2.03. The molecule has 0 aliphatic heterocycles. The maximum atomic E-state index is 9.01. The van der Waals surface area contributed by atoms with Gasteiger partial charge in [0.05, 0.1) is 0 Å². The molecule has 0 radical (unpaired) electrons. The molecule has 1 aromatic carbocycles. The number of aliphatic hydroxyl groups is 1. The molecule has 2 nitrogen and oxygen atoms in total. The summed E-state index contributed by atoms with van der Waals surface area (Å²) in [6, 6.07) is 7.15. The average Bonchev–Trinajstić information content (AvgIpc) is 2.05. The van der Waals surface area contributed by atoms with E-state index in [2.05, 4.69) is 15.9 Å². The van der Waals surface area contributed by atoms with Crippen molar-refractivity contribution in [2.75, 3.05) is 7.11 Å². The van der Waals surface area contributed by atoms with Crippen LogP contribution in [0.15, 0.2) is 24.3 Å². The predicted octanol–water partition coefficient (Wildman–Crippen LogP) is 1.09. The number of rotatable bonds is 2. The molecule has 0 bridgehead atoms. The molecular weight excluding hydrogens is 180 g/mol. The fraction of sp³-hybridized carbons (Fsp3) is 0.125. The maximum absolute atomic E-state index is 9.01. The Balaban J connectivity index is 2.91. The Morgan fingerprint density at radius 3 is 2.27 bits per heavy atom. The first-order valence-electron chi connectivity index (χ1n) is 3.11. The number of ether oxygens (including phenoxy) is 1. The molecule has 1 N–H and O–H groups in total. The standard InChI is InChI=1S/C8H8O2.Cr/c1-10-8-4-2-7(6-9)3-5-8;/h2-5,9H,1H3;. The molecule has 0 heterocycles. The number of benzene rings is 1. The molecule has 3 heteroatoms. The molecule has 58 valence electrons. The van der Waals surface area contributed by atoms with Crippen LogP contribution in [0.5, 0.6) is 5.75 Å². The summed E-state index contributed by atoms with van der Waals surface area (Å²) in [5, 5.41) is 9.01. The summed E-state index contributed by atoms with van der Waals surface area (Å²) in [6.07, 6.45) is 0.